The van der Waals surface area contributed by atoms with Crippen LogP contribution in [0.2, 0.25) is 0 Å². The summed E-state index contributed by atoms with van der Waals surface area (Å²) >= 11 is 0. The molecule has 1 saturated heterocycles. The number of anilines is 1. The van der Waals surface area contributed by atoms with Crippen molar-refractivity contribution in [2.24, 2.45) is 0 Å². The van der Waals surface area contributed by atoms with Crippen molar-refractivity contribution in [2.45, 2.75) is 52.4 Å². The minimum Gasteiger partial charge on any atom is -0.354 e. The van der Waals surface area contributed by atoms with E-state index in [1.807, 2.05) is 53.0 Å². The highest BCUT2D eigenvalue weighted by atomic mass is 16.2. The van der Waals surface area contributed by atoms with Crippen LogP contribution in [0.1, 0.15) is 58.2 Å². The average molecular weight is 421 g/mol. The van der Waals surface area contributed by atoms with Gasteiger partial charge in [0.1, 0.15) is 11.6 Å². The van der Waals surface area contributed by atoms with E-state index in [-0.39, 0.29) is 11.8 Å². The van der Waals surface area contributed by atoms with Gasteiger partial charge in [-0.05, 0) is 25.0 Å². The van der Waals surface area contributed by atoms with Crippen molar-refractivity contribution in [3.63, 3.8) is 0 Å². The third-order valence-electron chi connectivity index (χ3n) is 6.04. The van der Waals surface area contributed by atoms with E-state index >= 15 is 0 Å². The number of carbonyl (C=O) groups excluding carboxylic acids is 1. The maximum atomic E-state index is 12.2. The first-order chi connectivity index (χ1) is 15.1. The fourth-order valence-corrected chi connectivity index (χ4v) is 4.29. The van der Waals surface area contributed by atoms with E-state index in [0.29, 0.717) is 6.42 Å². The summed E-state index contributed by atoms with van der Waals surface area (Å²) in [4.78, 5) is 26.5. The molecule has 1 atom stereocenters. The van der Waals surface area contributed by atoms with Crippen molar-refractivity contribution < 1.29 is 4.79 Å². The summed E-state index contributed by atoms with van der Waals surface area (Å²) in [5.74, 6) is 2.31. The van der Waals surface area contributed by atoms with Crippen LogP contribution in [0.15, 0.2) is 36.5 Å². The van der Waals surface area contributed by atoms with Gasteiger partial charge in [0.15, 0.2) is 5.65 Å². The van der Waals surface area contributed by atoms with Crippen LogP contribution in [0.5, 0.6) is 0 Å². The van der Waals surface area contributed by atoms with Gasteiger partial charge in [-0.2, -0.15) is 5.10 Å². The Kier molecular flexibility index (Phi) is 6.49. The lowest BCUT2D eigenvalue weighted by Crippen LogP contribution is -2.35. The van der Waals surface area contributed by atoms with Crippen molar-refractivity contribution in [3.8, 4) is 5.69 Å². The minimum atomic E-state index is 0.226. The molecule has 1 fully saturated rings. The molecule has 0 spiro atoms. The molecule has 31 heavy (non-hydrogen) atoms. The molecule has 164 valence electrons. The fraction of sp³-hybridized carbons (Fsp3) is 0.500. The van der Waals surface area contributed by atoms with E-state index in [2.05, 4.69) is 23.8 Å². The second-order valence-electron chi connectivity index (χ2n) is 8.30. The summed E-state index contributed by atoms with van der Waals surface area (Å²) in [7, 11) is 0. The van der Waals surface area contributed by atoms with Crippen LogP contribution in [0.25, 0.3) is 16.7 Å². The number of aromatic nitrogens is 4. The van der Waals surface area contributed by atoms with Gasteiger partial charge in [-0.1, -0.05) is 45.4 Å². The van der Waals surface area contributed by atoms with Gasteiger partial charge in [-0.25, -0.2) is 14.6 Å². The molecule has 0 aliphatic carbocycles. The second kappa shape index (κ2) is 9.45. The van der Waals surface area contributed by atoms with Crippen LogP contribution < -0.4 is 4.90 Å². The third-order valence-corrected chi connectivity index (χ3v) is 6.04. The van der Waals surface area contributed by atoms with Gasteiger partial charge in [0.05, 0.1) is 17.3 Å². The van der Waals surface area contributed by atoms with E-state index in [9.17, 15) is 4.79 Å². The van der Waals surface area contributed by atoms with Crippen LogP contribution >= 0.6 is 0 Å². The second-order valence-corrected chi connectivity index (χ2v) is 8.30. The van der Waals surface area contributed by atoms with Crippen LogP contribution in [-0.4, -0.2) is 56.7 Å². The first kappa shape index (κ1) is 21.3. The van der Waals surface area contributed by atoms with E-state index < -0.39 is 0 Å². The van der Waals surface area contributed by atoms with Gasteiger partial charge in [-0.3, -0.25) is 4.79 Å². The number of hydrogen-bond acceptors (Lipinski definition) is 5. The quantitative estimate of drug-likeness (QED) is 0.599. The fourth-order valence-electron chi connectivity index (χ4n) is 4.29. The standard InChI is InChI=1S/C24H32N6O/c1-4-10-18(3)22-26-23(29-14-9-13-28(15-16-29)21(31)5-2)20-17-25-30(24(20)27-22)19-11-7-6-8-12-19/h6-8,11-12,17-18H,4-5,9-10,13-16H2,1-3H3. The lowest BCUT2D eigenvalue weighted by molar-refractivity contribution is -0.130. The minimum absolute atomic E-state index is 0.226. The van der Waals surface area contributed by atoms with Crippen LogP contribution in [-0.2, 0) is 4.79 Å². The van der Waals surface area contributed by atoms with Crippen molar-refractivity contribution in [1.29, 1.82) is 0 Å². The Labute approximate surface area is 184 Å². The predicted octanol–water partition coefficient (Wildman–Crippen LogP) is 4.17. The lowest BCUT2D eigenvalue weighted by Gasteiger charge is -2.24. The average Bonchev–Trinajstić information content (AvgIpc) is 3.08. The first-order valence-corrected chi connectivity index (χ1v) is 11.5. The normalized spacial score (nSPS) is 15.8. The molecule has 1 aliphatic heterocycles. The Bertz CT molecular complexity index is 1030. The van der Waals surface area contributed by atoms with Gasteiger partial charge < -0.3 is 9.80 Å². The smallest absolute Gasteiger partial charge is 0.222 e. The van der Waals surface area contributed by atoms with Gasteiger partial charge in [0.2, 0.25) is 5.91 Å². The van der Waals surface area contributed by atoms with Crippen LogP contribution in [0.3, 0.4) is 0 Å². The van der Waals surface area contributed by atoms with Gasteiger partial charge >= 0.3 is 0 Å². The third kappa shape index (κ3) is 4.40. The molecule has 4 rings (SSSR count). The topological polar surface area (TPSA) is 67.2 Å². The monoisotopic (exact) mass is 420 g/mol. The summed E-state index contributed by atoms with van der Waals surface area (Å²) in [5.41, 5.74) is 1.84. The first-order valence-electron chi connectivity index (χ1n) is 11.5. The number of benzene rings is 1. The SMILES string of the molecule is CCCC(C)c1nc(N2CCCN(C(=O)CC)CC2)c2cnn(-c3ccccc3)c2n1. The number of amides is 1. The molecule has 3 aromatic rings. The number of fused-ring (bicyclic) bond motifs is 1. The molecular weight excluding hydrogens is 388 g/mol. The Morgan fingerprint density at radius 3 is 2.61 bits per heavy atom. The summed E-state index contributed by atoms with van der Waals surface area (Å²) in [6.07, 6.45) is 5.51. The summed E-state index contributed by atoms with van der Waals surface area (Å²) in [5, 5.41) is 5.63. The van der Waals surface area contributed by atoms with Gasteiger partial charge in [0.25, 0.3) is 0 Å². The number of hydrogen-bond donors (Lipinski definition) is 0. The summed E-state index contributed by atoms with van der Waals surface area (Å²) in [6, 6.07) is 10.1. The maximum Gasteiger partial charge on any atom is 0.222 e. The van der Waals surface area contributed by atoms with Crippen LogP contribution in [0.4, 0.5) is 5.82 Å². The highest BCUT2D eigenvalue weighted by Gasteiger charge is 2.24. The van der Waals surface area contributed by atoms with Crippen molar-refractivity contribution >= 4 is 22.8 Å². The lowest BCUT2D eigenvalue weighted by atomic mass is 10.1. The Morgan fingerprint density at radius 1 is 1.06 bits per heavy atom. The molecule has 1 aromatic carbocycles. The molecule has 1 unspecified atom stereocenters. The molecule has 0 saturated carbocycles. The maximum absolute atomic E-state index is 12.2. The number of carbonyl (C=O) groups is 1. The zero-order chi connectivity index (χ0) is 21.8. The Morgan fingerprint density at radius 2 is 1.87 bits per heavy atom. The molecule has 7 heteroatoms. The number of rotatable bonds is 6. The molecule has 1 amide bonds. The number of para-hydroxylation sites is 1. The van der Waals surface area contributed by atoms with Gasteiger partial charge in [-0.15, -0.1) is 0 Å². The highest BCUT2D eigenvalue weighted by molar-refractivity contribution is 5.88. The molecule has 1 aliphatic rings. The Hall–Kier alpha value is -2.96. The van der Waals surface area contributed by atoms with Crippen LogP contribution in [0, 0.1) is 0 Å². The van der Waals surface area contributed by atoms with Gasteiger partial charge in [0, 0.05) is 38.5 Å². The molecule has 0 bridgehead atoms. The molecule has 0 N–H and O–H groups in total. The van der Waals surface area contributed by atoms with Crippen molar-refractivity contribution in [3.05, 3.63) is 42.4 Å². The largest absolute Gasteiger partial charge is 0.354 e. The van der Waals surface area contributed by atoms with Crippen molar-refractivity contribution in [1.82, 2.24) is 24.6 Å². The summed E-state index contributed by atoms with van der Waals surface area (Å²) < 4.78 is 1.91. The van der Waals surface area contributed by atoms with E-state index in [4.69, 9.17) is 9.97 Å². The predicted molar refractivity (Wildman–Crippen MR) is 124 cm³/mol. The zero-order valence-corrected chi connectivity index (χ0v) is 18.8. The molecule has 0 radical (unpaired) electrons. The van der Waals surface area contributed by atoms with E-state index in [1.165, 1.54) is 0 Å². The highest BCUT2D eigenvalue weighted by Crippen LogP contribution is 2.29. The molecular formula is C24H32N6O. The zero-order valence-electron chi connectivity index (χ0n) is 18.8. The van der Waals surface area contributed by atoms with Crippen molar-refractivity contribution in [2.75, 3.05) is 31.1 Å². The Balaban J connectivity index is 1.77. The molecule has 3 heterocycles. The summed E-state index contributed by atoms with van der Waals surface area (Å²) in [6.45, 7) is 9.50. The van der Waals surface area contributed by atoms with E-state index in [0.717, 1.165) is 73.8 Å². The molecule has 2 aromatic heterocycles. The molecule has 7 nitrogen and oxygen atoms in total. The number of nitrogens with zero attached hydrogens (tertiary/aromatic N) is 6. The van der Waals surface area contributed by atoms with E-state index in [1.54, 1.807) is 0 Å².